The SMILES string of the molecule is CCCc1cccc2c1C=Cc1ccccc1N2. The molecule has 0 unspecified atom stereocenters. The number of benzene rings is 2. The first-order chi connectivity index (χ1) is 8.88. The van der Waals surface area contributed by atoms with Crippen LogP contribution in [-0.2, 0) is 6.42 Å². The van der Waals surface area contributed by atoms with Gasteiger partial charge in [-0.15, -0.1) is 0 Å². The van der Waals surface area contributed by atoms with Gasteiger partial charge in [0, 0.05) is 16.9 Å². The molecule has 1 heteroatoms. The Labute approximate surface area is 108 Å². The number of rotatable bonds is 2. The average Bonchev–Trinajstić information content (AvgIpc) is 2.58. The Morgan fingerprint density at radius 1 is 0.889 bits per heavy atom. The van der Waals surface area contributed by atoms with Gasteiger partial charge in [-0.3, -0.25) is 0 Å². The average molecular weight is 235 g/mol. The Hall–Kier alpha value is -2.02. The topological polar surface area (TPSA) is 12.0 Å². The Bertz CT molecular complexity index is 596. The van der Waals surface area contributed by atoms with Gasteiger partial charge < -0.3 is 5.32 Å². The molecule has 3 rings (SSSR count). The van der Waals surface area contributed by atoms with Crippen molar-refractivity contribution in [1.82, 2.24) is 0 Å². The van der Waals surface area contributed by atoms with Crippen molar-refractivity contribution in [3.63, 3.8) is 0 Å². The summed E-state index contributed by atoms with van der Waals surface area (Å²) in [6.07, 6.45) is 6.75. The summed E-state index contributed by atoms with van der Waals surface area (Å²) < 4.78 is 0. The molecule has 2 aromatic carbocycles. The zero-order valence-electron chi connectivity index (χ0n) is 10.6. The van der Waals surface area contributed by atoms with E-state index in [1.807, 2.05) is 0 Å². The lowest BCUT2D eigenvalue weighted by atomic mass is 10.0. The van der Waals surface area contributed by atoms with Crippen LogP contribution >= 0.6 is 0 Å². The lowest BCUT2D eigenvalue weighted by molar-refractivity contribution is 0.920. The van der Waals surface area contributed by atoms with Gasteiger partial charge in [0.15, 0.2) is 0 Å². The van der Waals surface area contributed by atoms with E-state index in [4.69, 9.17) is 0 Å². The smallest absolute Gasteiger partial charge is 0.0460 e. The predicted octanol–water partition coefficient (Wildman–Crippen LogP) is 4.87. The van der Waals surface area contributed by atoms with E-state index in [9.17, 15) is 0 Å². The highest BCUT2D eigenvalue weighted by Gasteiger charge is 2.10. The number of hydrogen-bond donors (Lipinski definition) is 1. The third kappa shape index (κ3) is 1.92. The van der Waals surface area contributed by atoms with E-state index in [1.165, 1.54) is 34.5 Å². The van der Waals surface area contributed by atoms with E-state index in [2.05, 4.69) is 66.9 Å². The van der Waals surface area contributed by atoms with Crippen LogP contribution in [0.1, 0.15) is 30.0 Å². The Morgan fingerprint density at radius 2 is 1.72 bits per heavy atom. The zero-order chi connectivity index (χ0) is 12.4. The lowest BCUT2D eigenvalue weighted by Crippen LogP contribution is -1.96. The molecular weight excluding hydrogens is 218 g/mol. The van der Waals surface area contributed by atoms with Crippen molar-refractivity contribution in [3.8, 4) is 0 Å². The van der Waals surface area contributed by atoms with Crippen LogP contribution in [0.2, 0.25) is 0 Å². The van der Waals surface area contributed by atoms with E-state index in [0.29, 0.717) is 0 Å². The second kappa shape index (κ2) is 4.69. The maximum Gasteiger partial charge on any atom is 0.0460 e. The second-order valence-corrected chi connectivity index (χ2v) is 4.67. The van der Waals surface area contributed by atoms with Crippen LogP contribution in [0, 0.1) is 0 Å². The molecule has 0 bridgehead atoms. The molecule has 1 heterocycles. The number of para-hydroxylation sites is 1. The Balaban J connectivity index is 2.11. The first-order valence-electron chi connectivity index (χ1n) is 6.54. The van der Waals surface area contributed by atoms with Crippen LogP contribution in [0.15, 0.2) is 42.5 Å². The molecule has 0 fully saturated rings. The number of fused-ring (bicyclic) bond motifs is 2. The molecule has 90 valence electrons. The molecule has 1 N–H and O–H groups in total. The molecule has 0 saturated heterocycles. The summed E-state index contributed by atoms with van der Waals surface area (Å²) in [5, 5.41) is 3.54. The van der Waals surface area contributed by atoms with Crippen LogP contribution in [0.5, 0.6) is 0 Å². The first kappa shape index (κ1) is 11.1. The van der Waals surface area contributed by atoms with Crippen molar-refractivity contribution in [2.24, 2.45) is 0 Å². The van der Waals surface area contributed by atoms with E-state index in [-0.39, 0.29) is 0 Å². The third-order valence-electron chi connectivity index (χ3n) is 3.38. The van der Waals surface area contributed by atoms with Gasteiger partial charge in [-0.25, -0.2) is 0 Å². The highest BCUT2D eigenvalue weighted by Crippen LogP contribution is 2.32. The molecule has 1 nitrogen and oxygen atoms in total. The molecule has 0 radical (unpaired) electrons. The van der Waals surface area contributed by atoms with Gasteiger partial charge in [0.05, 0.1) is 0 Å². The highest BCUT2D eigenvalue weighted by molar-refractivity contribution is 5.88. The number of aryl methyl sites for hydroxylation is 1. The fourth-order valence-corrected chi connectivity index (χ4v) is 2.48. The molecule has 1 aliphatic heterocycles. The van der Waals surface area contributed by atoms with E-state index >= 15 is 0 Å². The first-order valence-corrected chi connectivity index (χ1v) is 6.54. The molecule has 0 atom stereocenters. The monoisotopic (exact) mass is 235 g/mol. The minimum absolute atomic E-state index is 1.13. The van der Waals surface area contributed by atoms with Crippen molar-refractivity contribution in [3.05, 3.63) is 59.2 Å². The van der Waals surface area contributed by atoms with Crippen LogP contribution in [0.4, 0.5) is 11.4 Å². The lowest BCUT2D eigenvalue weighted by Gasteiger charge is -2.12. The molecule has 1 aliphatic rings. The van der Waals surface area contributed by atoms with Gasteiger partial charge in [-0.2, -0.15) is 0 Å². The summed E-state index contributed by atoms with van der Waals surface area (Å²) in [6, 6.07) is 14.9. The van der Waals surface area contributed by atoms with Crippen LogP contribution < -0.4 is 5.32 Å². The summed E-state index contributed by atoms with van der Waals surface area (Å²) in [4.78, 5) is 0. The van der Waals surface area contributed by atoms with Crippen molar-refractivity contribution in [1.29, 1.82) is 0 Å². The van der Waals surface area contributed by atoms with Crippen molar-refractivity contribution >= 4 is 23.5 Å². The fraction of sp³-hybridized carbons (Fsp3) is 0.176. The molecule has 0 amide bonds. The maximum atomic E-state index is 3.54. The normalized spacial score (nSPS) is 12.3. The van der Waals surface area contributed by atoms with Crippen LogP contribution in [0.3, 0.4) is 0 Å². The minimum atomic E-state index is 1.13. The van der Waals surface area contributed by atoms with E-state index in [0.717, 1.165) is 6.42 Å². The van der Waals surface area contributed by atoms with E-state index in [1.54, 1.807) is 0 Å². The largest absolute Gasteiger partial charge is 0.355 e. The van der Waals surface area contributed by atoms with Crippen molar-refractivity contribution in [2.45, 2.75) is 19.8 Å². The predicted molar refractivity (Wildman–Crippen MR) is 79.1 cm³/mol. The zero-order valence-corrected chi connectivity index (χ0v) is 10.6. The highest BCUT2D eigenvalue weighted by atomic mass is 14.9. The van der Waals surface area contributed by atoms with Gasteiger partial charge in [0.1, 0.15) is 0 Å². The molecule has 0 saturated carbocycles. The summed E-state index contributed by atoms with van der Waals surface area (Å²) in [5.41, 5.74) is 6.39. The fourth-order valence-electron chi connectivity index (χ4n) is 2.48. The van der Waals surface area contributed by atoms with Gasteiger partial charge in [0.25, 0.3) is 0 Å². The van der Waals surface area contributed by atoms with Crippen LogP contribution in [-0.4, -0.2) is 0 Å². The summed E-state index contributed by atoms with van der Waals surface area (Å²) in [5.74, 6) is 0. The van der Waals surface area contributed by atoms with Gasteiger partial charge in [-0.1, -0.05) is 55.8 Å². The van der Waals surface area contributed by atoms with Gasteiger partial charge in [-0.05, 0) is 29.7 Å². The third-order valence-corrected chi connectivity index (χ3v) is 3.38. The molecule has 0 spiro atoms. The standard InChI is InChI=1S/C17H17N/c1-2-6-13-8-5-10-17-15(13)12-11-14-7-3-4-9-16(14)18-17/h3-5,7-12,18H,2,6H2,1H3. The Kier molecular flexibility index (Phi) is 2.89. The molecule has 0 aromatic heterocycles. The van der Waals surface area contributed by atoms with Gasteiger partial charge in [0.2, 0.25) is 0 Å². The number of anilines is 2. The number of nitrogens with one attached hydrogen (secondary N) is 1. The number of hydrogen-bond acceptors (Lipinski definition) is 1. The van der Waals surface area contributed by atoms with Crippen molar-refractivity contribution in [2.75, 3.05) is 5.32 Å². The summed E-state index contributed by atoms with van der Waals surface area (Å²) in [7, 11) is 0. The minimum Gasteiger partial charge on any atom is -0.355 e. The van der Waals surface area contributed by atoms with Crippen LogP contribution in [0.25, 0.3) is 12.2 Å². The van der Waals surface area contributed by atoms with E-state index < -0.39 is 0 Å². The Morgan fingerprint density at radius 3 is 2.61 bits per heavy atom. The summed E-state index contributed by atoms with van der Waals surface area (Å²) in [6.45, 7) is 2.22. The molecule has 0 aliphatic carbocycles. The summed E-state index contributed by atoms with van der Waals surface area (Å²) >= 11 is 0. The molecule has 18 heavy (non-hydrogen) atoms. The van der Waals surface area contributed by atoms with Crippen molar-refractivity contribution < 1.29 is 0 Å². The second-order valence-electron chi connectivity index (χ2n) is 4.67. The molecule has 2 aromatic rings. The molecular formula is C17H17N. The quantitative estimate of drug-likeness (QED) is 0.668. The van der Waals surface area contributed by atoms with Gasteiger partial charge >= 0.3 is 0 Å². The maximum absolute atomic E-state index is 3.54.